The predicted molar refractivity (Wildman–Crippen MR) is 61.2 cm³/mol. The lowest BCUT2D eigenvalue weighted by atomic mass is 9.93. The van der Waals surface area contributed by atoms with Crippen LogP contribution in [0.15, 0.2) is 5.38 Å². The summed E-state index contributed by atoms with van der Waals surface area (Å²) in [6.07, 6.45) is 2.53. The van der Waals surface area contributed by atoms with Gasteiger partial charge in [0.2, 0.25) is 0 Å². The summed E-state index contributed by atoms with van der Waals surface area (Å²) < 4.78 is 0. The lowest BCUT2D eigenvalue weighted by Gasteiger charge is -2.21. The molecular formula is C11H16N2OS. The smallest absolute Gasteiger partial charge is 0.159 e. The molecule has 15 heavy (non-hydrogen) atoms. The number of hydrogen-bond acceptors (Lipinski definition) is 4. The van der Waals surface area contributed by atoms with E-state index >= 15 is 0 Å². The molecule has 82 valence electrons. The average Bonchev–Trinajstić information content (AvgIpc) is 2.76. The van der Waals surface area contributed by atoms with E-state index in [2.05, 4.69) is 10.3 Å². The maximum Gasteiger partial charge on any atom is 0.159 e. The molecule has 2 rings (SSSR count). The zero-order valence-corrected chi connectivity index (χ0v) is 9.99. The Labute approximate surface area is 93.9 Å². The van der Waals surface area contributed by atoms with E-state index in [1.807, 2.05) is 19.2 Å². The maximum absolute atomic E-state index is 12.0. The topological polar surface area (TPSA) is 42.0 Å². The Balaban J connectivity index is 2.03. The molecule has 0 spiro atoms. The van der Waals surface area contributed by atoms with Crippen LogP contribution >= 0.6 is 11.3 Å². The predicted octanol–water partition coefficient (Wildman–Crippen LogP) is 1.71. The van der Waals surface area contributed by atoms with Gasteiger partial charge in [-0.25, -0.2) is 4.98 Å². The fraction of sp³-hybridized carbons (Fsp3) is 0.636. The lowest BCUT2D eigenvalue weighted by molar-refractivity contribution is -0.123. The molecule has 1 aliphatic rings. The molecule has 1 aromatic heterocycles. The van der Waals surface area contributed by atoms with Crippen LogP contribution in [0.25, 0.3) is 0 Å². The normalized spacial score (nSPS) is 25.7. The molecule has 0 amide bonds. The standard InChI is InChI=1S/C11H16N2OS/c1-8-7-15-10(13-8)6-9(14)11(2)4-3-5-12-11/h7,12H,3-6H2,1-2H3. The van der Waals surface area contributed by atoms with Crippen LogP contribution in [0.3, 0.4) is 0 Å². The van der Waals surface area contributed by atoms with E-state index in [9.17, 15) is 4.79 Å². The Hall–Kier alpha value is -0.740. The first kappa shape index (κ1) is 10.8. The van der Waals surface area contributed by atoms with Crippen LogP contribution in [-0.2, 0) is 11.2 Å². The van der Waals surface area contributed by atoms with Gasteiger partial charge in [-0.1, -0.05) is 0 Å². The van der Waals surface area contributed by atoms with Crippen LogP contribution in [0.4, 0.5) is 0 Å². The fourth-order valence-electron chi connectivity index (χ4n) is 1.95. The largest absolute Gasteiger partial charge is 0.305 e. The van der Waals surface area contributed by atoms with E-state index in [1.54, 1.807) is 11.3 Å². The van der Waals surface area contributed by atoms with Gasteiger partial charge in [-0.2, -0.15) is 0 Å². The molecule has 1 aliphatic heterocycles. The van der Waals surface area contributed by atoms with Crippen molar-refractivity contribution in [2.24, 2.45) is 0 Å². The monoisotopic (exact) mass is 224 g/mol. The van der Waals surface area contributed by atoms with Gasteiger partial charge in [-0.15, -0.1) is 11.3 Å². The van der Waals surface area contributed by atoms with E-state index in [4.69, 9.17) is 0 Å². The molecule has 1 saturated heterocycles. The van der Waals surface area contributed by atoms with Gasteiger partial charge >= 0.3 is 0 Å². The number of carbonyl (C=O) groups is 1. The third-order valence-electron chi connectivity index (χ3n) is 2.96. The summed E-state index contributed by atoms with van der Waals surface area (Å²) in [5.41, 5.74) is 0.701. The summed E-state index contributed by atoms with van der Waals surface area (Å²) in [6.45, 7) is 4.92. The molecule has 2 heterocycles. The maximum atomic E-state index is 12.0. The number of nitrogens with one attached hydrogen (secondary N) is 1. The molecule has 0 aliphatic carbocycles. The van der Waals surface area contributed by atoms with E-state index in [-0.39, 0.29) is 11.3 Å². The molecule has 1 aromatic rings. The van der Waals surface area contributed by atoms with Crippen molar-refractivity contribution in [3.8, 4) is 0 Å². The Kier molecular flexibility index (Phi) is 2.89. The Morgan fingerprint density at radius 3 is 3.07 bits per heavy atom. The third-order valence-corrected chi connectivity index (χ3v) is 3.93. The minimum atomic E-state index is -0.306. The summed E-state index contributed by atoms with van der Waals surface area (Å²) in [7, 11) is 0. The van der Waals surface area contributed by atoms with E-state index < -0.39 is 0 Å². The molecule has 0 aromatic carbocycles. The molecule has 4 heteroatoms. The lowest BCUT2D eigenvalue weighted by Crippen LogP contribution is -2.45. The van der Waals surface area contributed by atoms with Gasteiger partial charge in [0.25, 0.3) is 0 Å². The highest BCUT2D eigenvalue weighted by Gasteiger charge is 2.35. The van der Waals surface area contributed by atoms with Crippen molar-refractivity contribution in [3.63, 3.8) is 0 Å². The molecule has 1 N–H and O–H groups in total. The molecular weight excluding hydrogens is 208 g/mol. The van der Waals surface area contributed by atoms with Gasteiger partial charge in [0.05, 0.1) is 12.0 Å². The number of rotatable bonds is 3. The number of Topliss-reactive ketones (excluding diaryl/α,β-unsaturated/α-hetero) is 1. The second-order valence-electron chi connectivity index (χ2n) is 4.35. The Bertz CT molecular complexity index is 366. The second-order valence-corrected chi connectivity index (χ2v) is 5.29. The number of aromatic nitrogens is 1. The van der Waals surface area contributed by atoms with Crippen molar-refractivity contribution in [2.45, 2.75) is 38.6 Å². The zero-order valence-electron chi connectivity index (χ0n) is 9.17. The van der Waals surface area contributed by atoms with Crippen molar-refractivity contribution in [3.05, 3.63) is 16.1 Å². The highest BCUT2D eigenvalue weighted by Crippen LogP contribution is 2.22. The minimum absolute atomic E-state index is 0.273. The molecule has 0 bridgehead atoms. The minimum Gasteiger partial charge on any atom is -0.305 e. The van der Waals surface area contributed by atoms with E-state index in [0.29, 0.717) is 6.42 Å². The van der Waals surface area contributed by atoms with Crippen LogP contribution in [0, 0.1) is 6.92 Å². The number of hydrogen-bond donors (Lipinski definition) is 1. The SMILES string of the molecule is Cc1csc(CC(=O)C2(C)CCCN2)n1. The molecule has 1 fully saturated rings. The van der Waals surface area contributed by atoms with E-state index in [1.165, 1.54) is 0 Å². The summed E-state index contributed by atoms with van der Waals surface area (Å²) in [5.74, 6) is 0.273. The van der Waals surface area contributed by atoms with Crippen LogP contribution < -0.4 is 5.32 Å². The van der Waals surface area contributed by atoms with Gasteiger partial charge in [0.15, 0.2) is 5.78 Å². The van der Waals surface area contributed by atoms with Crippen LogP contribution in [-0.4, -0.2) is 22.9 Å². The van der Waals surface area contributed by atoms with Crippen LogP contribution in [0.5, 0.6) is 0 Å². The number of carbonyl (C=O) groups excluding carboxylic acids is 1. The quantitative estimate of drug-likeness (QED) is 0.849. The average molecular weight is 224 g/mol. The molecule has 1 unspecified atom stereocenters. The molecule has 3 nitrogen and oxygen atoms in total. The molecule has 1 atom stereocenters. The Morgan fingerprint density at radius 2 is 2.53 bits per heavy atom. The number of aryl methyl sites for hydroxylation is 1. The van der Waals surface area contributed by atoms with Crippen molar-refractivity contribution < 1.29 is 4.79 Å². The molecule has 0 saturated carbocycles. The zero-order chi connectivity index (χ0) is 10.9. The summed E-state index contributed by atoms with van der Waals surface area (Å²) in [5, 5.41) is 6.22. The summed E-state index contributed by atoms with van der Waals surface area (Å²) in [6, 6.07) is 0. The van der Waals surface area contributed by atoms with Gasteiger partial charge in [-0.05, 0) is 33.2 Å². The summed E-state index contributed by atoms with van der Waals surface area (Å²) >= 11 is 1.58. The number of ketones is 1. The van der Waals surface area contributed by atoms with Crippen molar-refractivity contribution >= 4 is 17.1 Å². The highest BCUT2D eigenvalue weighted by atomic mass is 32.1. The Morgan fingerprint density at radius 1 is 1.73 bits per heavy atom. The number of thiazole rings is 1. The van der Waals surface area contributed by atoms with Gasteiger partial charge in [0.1, 0.15) is 5.01 Å². The van der Waals surface area contributed by atoms with Crippen LogP contribution in [0.2, 0.25) is 0 Å². The first-order valence-electron chi connectivity index (χ1n) is 5.29. The van der Waals surface area contributed by atoms with Crippen molar-refractivity contribution in [1.29, 1.82) is 0 Å². The van der Waals surface area contributed by atoms with Gasteiger partial charge < -0.3 is 5.32 Å². The van der Waals surface area contributed by atoms with E-state index in [0.717, 1.165) is 30.1 Å². The highest BCUT2D eigenvalue weighted by molar-refractivity contribution is 7.09. The molecule has 0 radical (unpaired) electrons. The summed E-state index contributed by atoms with van der Waals surface area (Å²) in [4.78, 5) is 16.4. The third kappa shape index (κ3) is 2.26. The van der Waals surface area contributed by atoms with Gasteiger partial charge in [-0.3, -0.25) is 4.79 Å². The number of nitrogens with zero attached hydrogens (tertiary/aromatic N) is 1. The van der Waals surface area contributed by atoms with Crippen LogP contribution in [0.1, 0.15) is 30.5 Å². The fourth-order valence-corrected chi connectivity index (χ4v) is 2.72. The first-order chi connectivity index (χ1) is 7.10. The van der Waals surface area contributed by atoms with Gasteiger partial charge in [0, 0.05) is 11.1 Å². The first-order valence-corrected chi connectivity index (χ1v) is 6.17. The van der Waals surface area contributed by atoms with Crippen molar-refractivity contribution in [1.82, 2.24) is 10.3 Å². The second kappa shape index (κ2) is 4.02. The van der Waals surface area contributed by atoms with Crippen molar-refractivity contribution in [2.75, 3.05) is 6.54 Å².